The van der Waals surface area contributed by atoms with Crippen molar-refractivity contribution < 1.29 is 13.2 Å². The Kier molecular flexibility index (Phi) is 3.23. The lowest BCUT2D eigenvalue weighted by atomic mass is 10.4. The lowest BCUT2D eigenvalue weighted by Gasteiger charge is -2.25. The van der Waals surface area contributed by atoms with Crippen molar-refractivity contribution in [2.24, 2.45) is 5.84 Å². The van der Waals surface area contributed by atoms with Crippen LogP contribution in [0, 0.1) is 0 Å². The molecule has 0 unspecified atom stereocenters. The third-order valence-electron chi connectivity index (χ3n) is 1.97. The van der Waals surface area contributed by atoms with Crippen LogP contribution in [0.15, 0.2) is 0 Å². The van der Waals surface area contributed by atoms with Crippen LogP contribution in [0.1, 0.15) is 0 Å². The molecule has 1 saturated heterocycles. The van der Waals surface area contributed by atoms with Crippen molar-refractivity contribution in [2.45, 2.75) is 0 Å². The standard InChI is InChI=1S/C6H13N3O3S/c7-8-6(10)5-9-1-3-13(11,12)4-2-9/h1-5,7H2,(H,8,10). The van der Waals surface area contributed by atoms with E-state index in [-0.39, 0.29) is 24.0 Å². The van der Waals surface area contributed by atoms with Gasteiger partial charge in [0.2, 0.25) is 5.91 Å². The van der Waals surface area contributed by atoms with Gasteiger partial charge in [-0.25, -0.2) is 14.3 Å². The Balaban J connectivity index is 2.38. The van der Waals surface area contributed by atoms with E-state index in [0.717, 1.165) is 0 Å². The summed E-state index contributed by atoms with van der Waals surface area (Å²) >= 11 is 0. The number of amides is 1. The van der Waals surface area contributed by atoms with E-state index in [2.05, 4.69) is 0 Å². The van der Waals surface area contributed by atoms with Crippen molar-refractivity contribution in [3.8, 4) is 0 Å². The molecule has 3 N–H and O–H groups in total. The van der Waals surface area contributed by atoms with Gasteiger partial charge >= 0.3 is 0 Å². The van der Waals surface area contributed by atoms with Gasteiger partial charge in [-0.3, -0.25) is 15.1 Å². The minimum absolute atomic E-state index is 0.130. The predicted octanol–water partition coefficient (Wildman–Crippen LogP) is -2.29. The maximum Gasteiger partial charge on any atom is 0.248 e. The van der Waals surface area contributed by atoms with Crippen molar-refractivity contribution in [3.63, 3.8) is 0 Å². The number of nitrogens with two attached hydrogens (primary N) is 1. The molecule has 7 heteroatoms. The fourth-order valence-electron chi connectivity index (χ4n) is 1.16. The highest BCUT2D eigenvalue weighted by Gasteiger charge is 2.22. The van der Waals surface area contributed by atoms with Gasteiger partial charge in [-0.1, -0.05) is 0 Å². The van der Waals surface area contributed by atoms with E-state index in [0.29, 0.717) is 13.1 Å². The molecular weight excluding hydrogens is 194 g/mol. The van der Waals surface area contributed by atoms with Crippen LogP contribution in [0.5, 0.6) is 0 Å². The van der Waals surface area contributed by atoms with Crippen LogP contribution >= 0.6 is 0 Å². The van der Waals surface area contributed by atoms with E-state index in [1.807, 2.05) is 5.43 Å². The Hall–Kier alpha value is -0.660. The molecule has 76 valence electrons. The maximum atomic E-state index is 11.0. The molecule has 0 atom stereocenters. The van der Waals surface area contributed by atoms with Crippen molar-refractivity contribution in [1.82, 2.24) is 10.3 Å². The Morgan fingerprint density at radius 1 is 1.38 bits per heavy atom. The average molecular weight is 207 g/mol. The monoisotopic (exact) mass is 207 g/mol. The molecule has 1 rings (SSSR count). The predicted molar refractivity (Wildman–Crippen MR) is 47.4 cm³/mol. The second-order valence-corrected chi connectivity index (χ2v) is 5.30. The second kappa shape index (κ2) is 4.03. The molecule has 1 amide bonds. The smallest absolute Gasteiger partial charge is 0.248 e. The summed E-state index contributed by atoms with van der Waals surface area (Å²) in [7, 11) is -2.86. The summed E-state index contributed by atoms with van der Waals surface area (Å²) in [5.74, 6) is 4.87. The van der Waals surface area contributed by atoms with E-state index in [4.69, 9.17) is 5.84 Å². The first-order chi connectivity index (χ1) is 6.03. The third kappa shape index (κ3) is 3.29. The molecule has 13 heavy (non-hydrogen) atoms. The molecule has 0 aromatic carbocycles. The van der Waals surface area contributed by atoms with E-state index < -0.39 is 9.84 Å². The van der Waals surface area contributed by atoms with E-state index in [1.165, 1.54) is 0 Å². The van der Waals surface area contributed by atoms with E-state index in [1.54, 1.807) is 4.90 Å². The summed E-state index contributed by atoms with van der Waals surface area (Å²) in [5.41, 5.74) is 2.00. The Bertz CT molecular complexity index is 273. The molecule has 0 spiro atoms. The molecule has 1 heterocycles. The van der Waals surface area contributed by atoms with Crippen molar-refractivity contribution in [2.75, 3.05) is 31.1 Å². The van der Waals surface area contributed by atoms with Crippen LogP contribution < -0.4 is 11.3 Å². The van der Waals surface area contributed by atoms with Gasteiger partial charge in [-0.15, -0.1) is 0 Å². The molecule has 0 aromatic heterocycles. The minimum Gasteiger partial charge on any atom is -0.293 e. The van der Waals surface area contributed by atoms with Crippen LogP contribution in [0.4, 0.5) is 0 Å². The van der Waals surface area contributed by atoms with Gasteiger partial charge in [-0.2, -0.15) is 0 Å². The van der Waals surface area contributed by atoms with Gasteiger partial charge < -0.3 is 0 Å². The summed E-state index contributed by atoms with van der Waals surface area (Å²) in [4.78, 5) is 12.6. The lowest BCUT2D eigenvalue weighted by molar-refractivity contribution is -0.122. The highest BCUT2D eigenvalue weighted by molar-refractivity contribution is 7.91. The van der Waals surface area contributed by atoms with Gasteiger partial charge in [0.1, 0.15) is 0 Å². The number of carbonyl (C=O) groups excluding carboxylic acids is 1. The van der Waals surface area contributed by atoms with Crippen LogP contribution in [0.25, 0.3) is 0 Å². The van der Waals surface area contributed by atoms with Crippen LogP contribution in [-0.2, 0) is 14.6 Å². The first-order valence-electron chi connectivity index (χ1n) is 3.96. The topological polar surface area (TPSA) is 92.5 Å². The van der Waals surface area contributed by atoms with Crippen LogP contribution in [0.2, 0.25) is 0 Å². The molecular formula is C6H13N3O3S. The number of hydrogen-bond donors (Lipinski definition) is 2. The second-order valence-electron chi connectivity index (χ2n) is 3.00. The molecule has 1 fully saturated rings. The van der Waals surface area contributed by atoms with E-state index in [9.17, 15) is 13.2 Å². The van der Waals surface area contributed by atoms with Gasteiger partial charge in [0, 0.05) is 13.1 Å². The van der Waals surface area contributed by atoms with Crippen LogP contribution in [-0.4, -0.2) is 50.4 Å². The molecule has 1 aliphatic rings. The molecule has 0 saturated carbocycles. The zero-order valence-corrected chi connectivity index (χ0v) is 8.01. The number of rotatable bonds is 2. The number of sulfone groups is 1. The van der Waals surface area contributed by atoms with Gasteiger partial charge in [0.15, 0.2) is 9.84 Å². The van der Waals surface area contributed by atoms with Crippen molar-refractivity contribution >= 4 is 15.7 Å². The van der Waals surface area contributed by atoms with Crippen molar-refractivity contribution in [1.29, 1.82) is 0 Å². The lowest BCUT2D eigenvalue weighted by Crippen LogP contribution is -2.46. The van der Waals surface area contributed by atoms with Gasteiger partial charge in [0.25, 0.3) is 0 Å². The Labute approximate surface area is 77.0 Å². The first kappa shape index (κ1) is 10.4. The highest BCUT2D eigenvalue weighted by atomic mass is 32.2. The van der Waals surface area contributed by atoms with Gasteiger partial charge in [-0.05, 0) is 0 Å². The molecule has 0 aliphatic carbocycles. The fourth-order valence-corrected chi connectivity index (χ4v) is 2.43. The number of nitrogens with zero attached hydrogens (tertiary/aromatic N) is 1. The summed E-state index contributed by atoms with van der Waals surface area (Å²) in [6.45, 7) is 0.998. The Morgan fingerprint density at radius 3 is 2.38 bits per heavy atom. The summed E-state index contributed by atoms with van der Waals surface area (Å²) < 4.78 is 22.0. The third-order valence-corrected chi connectivity index (χ3v) is 3.57. The molecule has 1 aliphatic heterocycles. The minimum atomic E-state index is -2.86. The van der Waals surface area contributed by atoms with Crippen molar-refractivity contribution in [3.05, 3.63) is 0 Å². The van der Waals surface area contributed by atoms with E-state index >= 15 is 0 Å². The summed E-state index contributed by atoms with van der Waals surface area (Å²) in [5, 5.41) is 0. The summed E-state index contributed by atoms with van der Waals surface area (Å²) in [6, 6.07) is 0. The van der Waals surface area contributed by atoms with Crippen LogP contribution in [0.3, 0.4) is 0 Å². The first-order valence-corrected chi connectivity index (χ1v) is 5.78. The average Bonchev–Trinajstić information content (AvgIpc) is 2.08. The maximum absolute atomic E-state index is 11.0. The number of carbonyl (C=O) groups is 1. The number of hydrogen-bond acceptors (Lipinski definition) is 5. The molecule has 0 aromatic rings. The fraction of sp³-hybridized carbons (Fsp3) is 0.833. The molecule has 0 radical (unpaired) electrons. The zero-order valence-electron chi connectivity index (χ0n) is 7.19. The largest absolute Gasteiger partial charge is 0.293 e. The molecule has 0 bridgehead atoms. The summed E-state index contributed by atoms with van der Waals surface area (Å²) in [6.07, 6.45) is 0. The normalized spacial score (nSPS) is 22.5. The quantitative estimate of drug-likeness (QED) is 0.302. The highest BCUT2D eigenvalue weighted by Crippen LogP contribution is 2.02. The SMILES string of the molecule is NNC(=O)CN1CCS(=O)(=O)CC1. The molecule has 6 nitrogen and oxygen atoms in total. The number of hydrazine groups is 1. The number of nitrogens with one attached hydrogen (secondary N) is 1. The Morgan fingerprint density at radius 2 is 1.92 bits per heavy atom. The van der Waals surface area contributed by atoms with Gasteiger partial charge in [0.05, 0.1) is 18.1 Å². The zero-order chi connectivity index (χ0) is 9.90.